The van der Waals surface area contributed by atoms with Gasteiger partial charge in [-0.05, 0) is 61.9 Å². The first-order chi connectivity index (χ1) is 14.2. The first-order valence-corrected chi connectivity index (χ1v) is 11.1. The summed E-state index contributed by atoms with van der Waals surface area (Å²) in [4.78, 5) is 16.7. The number of fused-ring (bicyclic) bond motifs is 5. The summed E-state index contributed by atoms with van der Waals surface area (Å²) in [6.45, 7) is 2.65. The number of carbonyl (C=O) groups is 1. The predicted molar refractivity (Wildman–Crippen MR) is 114 cm³/mol. The van der Waals surface area contributed by atoms with Crippen molar-refractivity contribution in [3.8, 4) is 5.00 Å². The molecule has 0 bridgehead atoms. The Morgan fingerprint density at radius 3 is 2.83 bits per heavy atom. The van der Waals surface area contributed by atoms with Crippen LogP contribution in [0.1, 0.15) is 53.9 Å². The Labute approximate surface area is 174 Å². The van der Waals surface area contributed by atoms with Crippen molar-refractivity contribution in [2.75, 3.05) is 5.32 Å². The van der Waals surface area contributed by atoms with Crippen LogP contribution in [0.4, 0.5) is 14.9 Å². The second-order valence-electron chi connectivity index (χ2n) is 7.76. The maximum Gasteiger partial charge on any atom is 0.322 e. The summed E-state index contributed by atoms with van der Waals surface area (Å²) in [5.74, 6) is -0.416. The Bertz CT molecular complexity index is 1070. The van der Waals surface area contributed by atoms with Gasteiger partial charge in [-0.2, -0.15) is 0 Å². The first kappa shape index (κ1) is 18.4. The third kappa shape index (κ3) is 3.06. The molecule has 150 valence electrons. The van der Waals surface area contributed by atoms with Gasteiger partial charge in [0.15, 0.2) is 0 Å². The molecule has 0 radical (unpaired) electrons. The maximum absolute atomic E-state index is 14.1. The summed E-state index contributed by atoms with van der Waals surface area (Å²) < 4.78 is 16.4. The second-order valence-corrected chi connectivity index (χ2v) is 8.84. The monoisotopic (exact) mass is 409 g/mol. The van der Waals surface area contributed by atoms with E-state index in [2.05, 4.69) is 35.1 Å². The van der Waals surface area contributed by atoms with E-state index in [4.69, 9.17) is 0 Å². The highest BCUT2D eigenvalue weighted by Crippen LogP contribution is 2.43. The van der Waals surface area contributed by atoms with Crippen LogP contribution in [0.3, 0.4) is 0 Å². The van der Waals surface area contributed by atoms with Gasteiger partial charge in [-0.3, -0.25) is 0 Å². The Morgan fingerprint density at radius 1 is 1.17 bits per heavy atom. The first-order valence-electron chi connectivity index (χ1n) is 10.3. The molecule has 0 saturated heterocycles. The van der Waals surface area contributed by atoms with Crippen molar-refractivity contribution >= 4 is 23.1 Å². The quantitative estimate of drug-likeness (QED) is 0.549. The van der Waals surface area contributed by atoms with Gasteiger partial charge in [-0.1, -0.05) is 19.1 Å². The summed E-state index contributed by atoms with van der Waals surface area (Å²) in [5.41, 5.74) is 4.03. The minimum Gasteiger partial charge on any atom is -0.312 e. The van der Waals surface area contributed by atoms with Crippen LogP contribution >= 0.6 is 11.3 Å². The number of aryl methyl sites for hydroxylation is 1. The maximum atomic E-state index is 14.1. The van der Waals surface area contributed by atoms with E-state index in [0.29, 0.717) is 6.54 Å². The van der Waals surface area contributed by atoms with Crippen LogP contribution in [0.15, 0.2) is 42.6 Å². The zero-order valence-corrected chi connectivity index (χ0v) is 17.3. The van der Waals surface area contributed by atoms with Gasteiger partial charge in [0.2, 0.25) is 0 Å². The molecule has 0 spiro atoms. The average Bonchev–Trinajstić information content (AvgIpc) is 3.32. The number of carbonyl (C=O) groups excluding carboxylic acids is 1. The van der Waals surface area contributed by atoms with Gasteiger partial charge in [-0.25, -0.2) is 9.18 Å². The van der Waals surface area contributed by atoms with E-state index in [-0.39, 0.29) is 17.8 Å². The average molecular weight is 410 g/mol. The highest BCUT2D eigenvalue weighted by atomic mass is 32.1. The van der Waals surface area contributed by atoms with Crippen molar-refractivity contribution in [2.45, 2.75) is 51.6 Å². The highest BCUT2D eigenvalue weighted by Gasteiger charge is 2.34. The number of hydrogen-bond acceptors (Lipinski definition) is 2. The van der Waals surface area contributed by atoms with Crippen LogP contribution in [-0.2, 0) is 19.4 Å². The number of urea groups is 1. The number of rotatable bonds is 2. The van der Waals surface area contributed by atoms with Crippen LogP contribution in [0, 0.1) is 5.82 Å². The number of nitrogens with one attached hydrogen (secondary N) is 1. The molecule has 2 aromatic heterocycles. The van der Waals surface area contributed by atoms with Crippen LogP contribution in [0.2, 0.25) is 0 Å². The lowest BCUT2D eigenvalue weighted by Gasteiger charge is -2.30. The Balaban J connectivity index is 1.58. The third-order valence-corrected chi connectivity index (χ3v) is 7.40. The van der Waals surface area contributed by atoms with Crippen LogP contribution < -0.4 is 5.32 Å². The predicted octanol–water partition coefficient (Wildman–Crippen LogP) is 6.06. The van der Waals surface area contributed by atoms with E-state index in [1.165, 1.54) is 39.9 Å². The molecule has 2 aliphatic rings. The molecule has 29 heavy (non-hydrogen) atoms. The molecule has 3 aromatic rings. The summed E-state index contributed by atoms with van der Waals surface area (Å²) >= 11 is 1.88. The number of benzene rings is 1. The molecule has 4 nitrogen and oxygen atoms in total. The lowest BCUT2D eigenvalue weighted by Crippen LogP contribution is -2.37. The highest BCUT2D eigenvalue weighted by molar-refractivity contribution is 7.15. The molecule has 1 aromatic carbocycles. The largest absolute Gasteiger partial charge is 0.322 e. The molecular formula is C23H24FN3OS. The Hall–Kier alpha value is -2.60. The fourth-order valence-electron chi connectivity index (χ4n) is 4.66. The topological polar surface area (TPSA) is 37.3 Å². The van der Waals surface area contributed by atoms with E-state index < -0.39 is 5.82 Å². The molecule has 3 heterocycles. The number of amides is 2. The summed E-state index contributed by atoms with van der Waals surface area (Å²) in [7, 11) is 0. The SMILES string of the molecule is CC[C@H]1c2cccn2-c2sc3c(c2CN1C(=O)Nc1ccccc1F)CCCC3. The van der Waals surface area contributed by atoms with Gasteiger partial charge >= 0.3 is 6.03 Å². The second kappa shape index (κ2) is 7.34. The number of hydrogen-bond donors (Lipinski definition) is 1. The van der Waals surface area contributed by atoms with Gasteiger partial charge in [0.05, 0.1) is 18.3 Å². The molecule has 1 aliphatic carbocycles. The molecule has 1 N–H and O–H groups in total. The van der Waals surface area contributed by atoms with E-state index in [0.717, 1.165) is 25.0 Å². The van der Waals surface area contributed by atoms with Gasteiger partial charge in [-0.15, -0.1) is 11.3 Å². The smallest absolute Gasteiger partial charge is 0.312 e. The summed E-state index contributed by atoms with van der Waals surface area (Å²) in [6, 6.07) is 10.2. The van der Waals surface area contributed by atoms with Gasteiger partial charge < -0.3 is 14.8 Å². The van der Waals surface area contributed by atoms with Crippen LogP contribution in [0.25, 0.3) is 5.00 Å². The minimum absolute atomic E-state index is 0.0596. The number of thiophene rings is 1. The van der Waals surface area contributed by atoms with E-state index in [9.17, 15) is 9.18 Å². The molecule has 1 aliphatic heterocycles. The van der Waals surface area contributed by atoms with Crippen molar-refractivity contribution < 1.29 is 9.18 Å². The third-order valence-electron chi connectivity index (χ3n) is 6.07. The number of nitrogens with zero attached hydrogens (tertiary/aromatic N) is 2. The van der Waals surface area contributed by atoms with Crippen molar-refractivity contribution in [1.82, 2.24) is 9.47 Å². The fourth-order valence-corrected chi connectivity index (χ4v) is 6.06. The number of halogens is 1. The molecule has 5 rings (SSSR count). The van der Waals surface area contributed by atoms with Crippen molar-refractivity contribution in [1.29, 1.82) is 0 Å². The molecule has 0 unspecified atom stereocenters. The Morgan fingerprint density at radius 2 is 2.00 bits per heavy atom. The molecule has 6 heteroatoms. The van der Waals surface area contributed by atoms with Crippen molar-refractivity contribution in [2.24, 2.45) is 0 Å². The van der Waals surface area contributed by atoms with E-state index in [1.807, 2.05) is 16.2 Å². The lowest BCUT2D eigenvalue weighted by atomic mass is 9.95. The zero-order chi connectivity index (χ0) is 20.0. The number of anilines is 1. The fraction of sp³-hybridized carbons (Fsp3) is 0.348. The lowest BCUT2D eigenvalue weighted by molar-refractivity contribution is 0.181. The Kier molecular flexibility index (Phi) is 4.66. The summed E-state index contributed by atoms with van der Waals surface area (Å²) in [6.07, 6.45) is 7.55. The van der Waals surface area contributed by atoms with E-state index in [1.54, 1.807) is 18.2 Å². The number of aromatic nitrogens is 1. The number of para-hydroxylation sites is 1. The molecule has 2 amide bonds. The standard InChI is InChI=1S/C23H24FN3OS/c1-2-19-20-11-7-13-26(20)22-16(15-8-3-6-12-21(15)29-22)14-27(19)23(28)25-18-10-5-4-9-17(18)24/h4-5,7,9-11,13,19H,2-3,6,8,12,14H2,1H3,(H,25,28)/t19-/m0/s1. The summed E-state index contributed by atoms with van der Waals surface area (Å²) in [5, 5.41) is 4.05. The minimum atomic E-state index is -0.416. The van der Waals surface area contributed by atoms with Crippen LogP contribution in [0.5, 0.6) is 0 Å². The van der Waals surface area contributed by atoms with Crippen LogP contribution in [-0.4, -0.2) is 15.5 Å². The molecule has 1 atom stereocenters. The van der Waals surface area contributed by atoms with Gasteiger partial charge in [0.1, 0.15) is 10.8 Å². The molecule has 0 fully saturated rings. The van der Waals surface area contributed by atoms with Gasteiger partial charge in [0, 0.05) is 22.3 Å². The van der Waals surface area contributed by atoms with Crippen molar-refractivity contribution in [3.63, 3.8) is 0 Å². The van der Waals surface area contributed by atoms with Gasteiger partial charge in [0.25, 0.3) is 0 Å². The van der Waals surface area contributed by atoms with E-state index >= 15 is 0 Å². The van der Waals surface area contributed by atoms with Crippen molar-refractivity contribution in [3.05, 3.63) is 70.1 Å². The molecule has 0 saturated carbocycles. The normalized spacial score (nSPS) is 17.9. The zero-order valence-electron chi connectivity index (χ0n) is 16.5. The molecular weight excluding hydrogens is 385 g/mol.